The Morgan fingerprint density at radius 2 is 0.669 bits per heavy atom. The van der Waals surface area contributed by atoms with E-state index in [1.807, 2.05) is 127 Å². The Balaban J connectivity index is 0.000000191. The summed E-state index contributed by atoms with van der Waals surface area (Å²) in [5, 5.41) is 17.1. The van der Waals surface area contributed by atoms with Gasteiger partial charge in [-0.1, -0.05) is 182 Å². The van der Waals surface area contributed by atoms with E-state index in [2.05, 4.69) is 41.0 Å². The Kier molecular flexibility index (Phi) is 31.6. The Bertz CT molecular complexity index is 5020. The topological polar surface area (TPSA) is 300 Å². The molecule has 9 aromatic carbocycles. The van der Waals surface area contributed by atoms with Crippen LogP contribution in [0.4, 0.5) is 18.0 Å². The van der Waals surface area contributed by atoms with Crippen LogP contribution in [-0.2, 0) is 86.4 Å². The molecule has 3 saturated heterocycles. The Morgan fingerprint density at radius 1 is 0.397 bits per heavy atom. The molecular weight excluding hydrogens is 1540 g/mol. The molecule has 9 aromatic rings. The van der Waals surface area contributed by atoms with Crippen molar-refractivity contribution in [2.75, 3.05) is 60.4 Å². The molecular formula is C95H107F3N12O11. The summed E-state index contributed by atoms with van der Waals surface area (Å²) in [6, 6.07) is 51.4. The number of hydrogen-bond donors (Lipinski definition) is 6. The summed E-state index contributed by atoms with van der Waals surface area (Å²) in [4.78, 5) is 143. The number of ether oxygens (including phenoxy) is 1. The molecule has 121 heavy (non-hydrogen) atoms. The molecule has 10 amide bonds. The molecule has 26 heteroatoms. The predicted molar refractivity (Wildman–Crippen MR) is 462 cm³/mol. The number of carbonyl (C=O) groups excluding carboxylic acids is 10. The minimum atomic E-state index is -1.09. The van der Waals surface area contributed by atoms with Gasteiger partial charge in [-0.2, -0.15) is 0 Å². The largest absolute Gasteiger partial charge is 0.444 e. The lowest BCUT2D eigenvalue weighted by atomic mass is 9.97. The first-order valence-electron chi connectivity index (χ1n) is 40.5. The fourth-order valence-corrected chi connectivity index (χ4v) is 15.7. The molecule has 3 fully saturated rings. The molecule has 0 saturated carbocycles. The summed E-state index contributed by atoms with van der Waals surface area (Å²) >= 11 is 0. The van der Waals surface area contributed by atoms with Gasteiger partial charge in [-0.25, -0.2) is 18.0 Å². The van der Waals surface area contributed by atoms with Crippen LogP contribution in [0.3, 0.4) is 0 Å². The van der Waals surface area contributed by atoms with Gasteiger partial charge in [0.25, 0.3) is 0 Å². The molecule has 9 atom stereocenters. The van der Waals surface area contributed by atoms with Crippen molar-refractivity contribution in [2.45, 2.75) is 139 Å². The standard InChI is InChI=1S/C35H41FN4O5.2C30H33FN4O3/c1-6-9-29-33(43)40(30(31(41)37-5)22-24-12-15-25-10-7-8-11-26(25)20-24)19-18-39(29)32(42)28(38-34(44)45-35(2,3)4)21-23-13-16-27(36)17-14-23;2*1-3-6-26-30(38)35(16-15-34(26)29(37)25(32)18-20-10-13-24(31)14-11-20)27(28(36)33-2)19-21-9-12-22-7-4-5-8-23(22)17-21/h6-8,10-17,20,28-30H,1,9,18-19,21-22H2,2-5H3,(H,37,41)(H,38,44);2*3-5,7-14,17,25-27H,1,6,15-16,18-19,32H2,2H3,(H,33,36)/t28-,29+,30+;2*25-,26+,27+/m111/s1. The summed E-state index contributed by atoms with van der Waals surface area (Å²) in [6.45, 7) is 17.6. The molecule has 12 rings (SSSR count). The Labute approximate surface area is 704 Å². The van der Waals surface area contributed by atoms with Gasteiger partial charge in [-0.15, -0.1) is 19.7 Å². The van der Waals surface area contributed by atoms with E-state index in [4.69, 9.17) is 16.2 Å². The zero-order chi connectivity index (χ0) is 87.2. The SMILES string of the molecule is C=CC[C@H]1C(=O)N([C@@H](Cc2ccc3ccccc3c2)C(=O)NC)CCN1C(=O)[C@@H](Cc1ccc(F)cc1)NC(=O)OC(C)(C)C.C=CC[C@H]1C(=O)N([C@@H](Cc2ccc3ccccc3c2)C(=O)NC)CCN1C(=O)[C@H](N)Cc1ccc(F)cc1.C=CC[C@H]1C(=O)N([C@@H](Cc2ccc3ccccc3c2)C(=O)NC)CCN1C(=O)[C@H](N)Cc1ccc(F)cc1. The van der Waals surface area contributed by atoms with Crippen LogP contribution in [0.2, 0.25) is 0 Å². The van der Waals surface area contributed by atoms with Crippen LogP contribution in [-0.4, -0.2) is 209 Å². The van der Waals surface area contributed by atoms with Crippen LogP contribution in [0.5, 0.6) is 0 Å². The molecule has 0 spiro atoms. The minimum absolute atomic E-state index is 0.0520. The van der Waals surface area contributed by atoms with E-state index < -0.39 is 77.8 Å². The highest BCUT2D eigenvalue weighted by Crippen LogP contribution is 2.29. The molecule has 0 unspecified atom stereocenters. The number of benzene rings is 9. The minimum Gasteiger partial charge on any atom is -0.444 e. The molecule has 3 aliphatic heterocycles. The number of hydrogen-bond acceptors (Lipinski definition) is 13. The fraction of sp³-hybridized carbons (Fsp3) is 0.326. The average molecular weight is 1650 g/mol. The lowest BCUT2D eigenvalue weighted by Crippen LogP contribution is -2.65. The lowest BCUT2D eigenvalue weighted by Gasteiger charge is -2.44. The van der Waals surface area contributed by atoms with Gasteiger partial charge < -0.3 is 66.9 Å². The van der Waals surface area contributed by atoms with Gasteiger partial charge in [0.15, 0.2) is 0 Å². The summed E-state index contributed by atoms with van der Waals surface area (Å²) in [7, 11) is 4.63. The molecule has 23 nitrogen and oxygen atoms in total. The van der Waals surface area contributed by atoms with E-state index in [0.717, 1.165) is 60.1 Å². The van der Waals surface area contributed by atoms with Crippen molar-refractivity contribution in [3.8, 4) is 0 Å². The second kappa shape index (κ2) is 42.2. The van der Waals surface area contributed by atoms with Crippen LogP contribution in [0.25, 0.3) is 32.3 Å². The number of rotatable bonds is 28. The molecule has 0 aromatic heterocycles. The third-order valence-electron chi connectivity index (χ3n) is 21.8. The van der Waals surface area contributed by atoms with Crippen LogP contribution in [0.1, 0.15) is 73.4 Å². The highest BCUT2D eigenvalue weighted by atomic mass is 19.1. The maximum atomic E-state index is 14.1. The third-order valence-corrected chi connectivity index (χ3v) is 21.8. The predicted octanol–water partition coefficient (Wildman–Crippen LogP) is 10.0. The fourth-order valence-electron chi connectivity index (χ4n) is 15.7. The van der Waals surface area contributed by atoms with E-state index in [-0.39, 0.29) is 137 Å². The summed E-state index contributed by atoms with van der Waals surface area (Å²) < 4.78 is 45.5. The van der Waals surface area contributed by atoms with E-state index in [9.17, 15) is 61.1 Å². The summed E-state index contributed by atoms with van der Waals surface area (Å²) in [5.41, 5.74) is 16.5. The smallest absolute Gasteiger partial charge is 0.408 e. The molecule has 634 valence electrons. The number of carbonyl (C=O) groups is 10. The Morgan fingerprint density at radius 3 is 0.950 bits per heavy atom. The van der Waals surface area contributed by atoms with Crippen molar-refractivity contribution in [3.63, 3.8) is 0 Å². The zero-order valence-electron chi connectivity index (χ0n) is 69.2. The van der Waals surface area contributed by atoms with Crippen molar-refractivity contribution in [3.05, 3.63) is 289 Å². The van der Waals surface area contributed by atoms with Crippen LogP contribution in [0, 0.1) is 17.5 Å². The van der Waals surface area contributed by atoms with Gasteiger partial charge in [-0.3, -0.25) is 43.2 Å². The summed E-state index contributed by atoms with van der Waals surface area (Å²) in [5.74, 6) is -4.23. The van der Waals surface area contributed by atoms with Crippen molar-refractivity contribution in [2.24, 2.45) is 11.5 Å². The molecule has 3 aliphatic rings. The van der Waals surface area contributed by atoms with Crippen molar-refractivity contribution in [1.29, 1.82) is 0 Å². The second-order valence-corrected chi connectivity index (χ2v) is 31.3. The van der Waals surface area contributed by atoms with E-state index in [0.29, 0.717) is 24.8 Å². The quantitative estimate of drug-likeness (QED) is 0.0249. The number of piperazine rings is 3. The lowest BCUT2D eigenvalue weighted by molar-refractivity contribution is -0.156. The highest BCUT2D eigenvalue weighted by molar-refractivity contribution is 5.98. The first-order chi connectivity index (χ1) is 58.0. The molecule has 8 N–H and O–H groups in total. The second-order valence-electron chi connectivity index (χ2n) is 31.3. The first kappa shape index (κ1) is 90.5. The number of halogens is 3. The highest BCUT2D eigenvalue weighted by Gasteiger charge is 2.46. The first-order valence-corrected chi connectivity index (χ1v) is 40.5. The monoisotopic (exact) mass is 1650 g/mol. The van der Waals surface area contributed by atoms with E-state index >= 15 is 0 Å². The number of amides is 10. The van der Waals surface area contributed by atoms with Crippen LogP contribution >= 0.6 is 0 Å². The van der Waals surface area contributed by atoms with Crippen LogP contribution in [0.15, 0.2) is 238 Å². The number of alkyl carbamates (subject to hydrolysis) is 1. The number of fused-ring (bicyclic) bond motifs is 3. The number of nitrogens with two attached hydrogens (primary N) is 2. The van der Waals surface area contributed by atoms with Crippen LogP contribution < -0.4 is 32.7 Å². The van der Waals surface area contributed by atoms with E-state index in [1.54, 1.807) is 87.2 Å². The molecule has 0 aliphatic carbocycles. The van der Waals surface area contributed by atoms with Gasteiger partial charge in [0.05, 0.1) is 12.1 Å². The maximum absolute atomic E-state index is 14.1. The zero-order valence-corrected chi connectivity index (χ0v) is 69.2. The molecule has 3 heterocycles. The van der Waals surface area contributed by atoms with Gasteiger partial charge in [-0.05, 0) is 155 Å². The Hall–Kier alpha value is -12.8. The normalized spacial score (nSPS) is 17.0. The van der Waals surface area contributed by atoms with Crippen molar-refractivity contribution < 1.29 is 65.9 Å². The van der Waals surface area contributed by atoms with Gasteiger partial charge in [0.1, 0.15) is 65.3 Å². The van der Waals surface area contributed by atoms with Gasteiger partial charge >= 0.3 is 6.09 Å². The van der Waals surface area contributed by atoms with Crippen molar-refractivity contribution in [1.82, 2.24) is 50.7 Å². The number of nitrogens with one attached hydrogen (secondary N) is 4. The maximum Gasteiger partial charge on any atom is 0.408 e. The molecule has 0 bridgehead atoms. The number of likely N-dealkylation sites (N-methyl/N-ethyl adjacent to an activating group) is 3. The molecule has 0 radical (unpaired) electrons. The van der Waals surface area contributed by atoms with Gasteiger partial charge in [0, 0.05) is 86.1 Å². The number of nitrogens with zero attached hydrogens (tertiary/aromatic N) is 6. The third kappa shape index (κ3) is 23.6. The van der Waals surface area contributed by atoms with Gasteiger partial charge in [0.2, 0.25) is 53.2 Å². The van der Waals surface area contributed by atoms with E-state index in [1.165, 1.54) is 75.2 Å². The summed E-state index contributed by atoms with van der Waals surface area (Å²) in [6.07, 6.45) is 6.04. The average Bonchev–Trinajstić information content (AvgIpc) is 0.793. The van der Waals surface area contributed by atoms with Crippen molar-refractivity contribution >= 4 is 91.6 Å².